The molecule has 0 spiro atoms. The summed E-state index contributed by atoms with van der Waals surface area (Å²) in [6.07, 6.45) is 0. The zero-order valence-electron chi connectivity index (χ0n) is 10.9. The Labute approximate surface area is 120 Å². The summed E-state index contributed by atoms with van der Waals surface area (Å²) in [5.74, 6) is 0.285. The van der Waals surface area contributed by atoms with Crippen LogP contribution in [-0.2, 0) is 4.79 Å². The van der Waals surface area contributed by atoms with Crippen molar-refractivity contribution in [2.24, 2.45) is 0 Å². The first-order valence-corrected chi connectivity index (χ1v) is 6.69. The molecule has 0 saturated carbocycles. The number of amides is 2. The van der Waals surface area contributed by atoms with Crippen LogP contribution in [0.3, 0.4) is 0 Å². The van der Waals surface area contributed by atoms with Crippen LogP contribution >= 0.6 is 15.9 Å². The largest absolute Gasteiger partial charge is 0.496 e. The van der Waals surface area contributed by atoms with Gasteiger partial charge in [-0.2, -0.15) is 0 Å². The highest BCUT2D eigenvalue weighted by Gasteiger charge is 2.27. The molecule has 0 atom stereocenters. The first-order chi connectivity index (χ1) is 9.02. The average molecular weight is 327 g/mol. The van der Waals surface area contributed by atoms with E-state index in [1.54, 1.807) is 29.0 Å². The smallest absolute Gasteiger partial charge is 0.258 e. The Morgan fingerprint density at radius 2 is 2.11 bits per heavy atom. The van der Waals surface area contributed by atoms with Crippen LogP contribution in [0.2, 0.25) is 0 Å². The summed E-state index contributed by atoms with van der Waals surface area (Å²) in [6.45, 7) is 1.21. The second-order valence-electron chi connectivity index (χ2n) is 4.39. The maximum atomic E-state index is 12.4. The fraction of sp³-hybridized carbons (Fsp3) is 0.385. The van der Waals surface area contributed by atoms with E-state index in [-0.39, 0.29) is 18.4 Å². The topological polar surface area (TPSA) is 49.9 Å². The molecule has 1 aliphatic heterocycles. The van der Waals surface area contributed by atoms with Gasteiger partial charge in [0.05, 0.1) is 12.7 Å². The van der Waals surface area contributed by atoms with Crippen molar-refractivity contribution in [3.05, 3.63) is 28.2 Å². The predicted molar refractivity (Wildman–Crippen MR) is 74.2 cm³/mol. The molecule has 0 aliphatic carbocycles. The van der Waals surface area contributed by atoms with Gasteiger partial charge in [-0.15, -0.1) is 0 Å². The lowest BCUT2D eigenvalue weighted by atomic mass is 10.1. The summed E-state index contributed by atoms with van der Waals surface area (Å²) in [5, 5.41) is 0. The number of carbonyl (C=O) groups excluding carboxylic acids is 2. The van der Waals surface area contributed by atoms with Crippen molar-refractivity contribution in [3.8, 4) is 5.75 Å². The number of methoxy groups -OCH3 is 1. The third kappa shape index (κ3) is 2.89. The first-order valence-electron chi connectivity index (χ1n) is 5.89. The minimum atomic E-state index is -0.181. The van der Waals surface area contributed by atoms with Gasteiger partial charge in [-0.3, -0.25) is 9.59 Å². The number of carbonyl (C=O) groups is 2. The summed E-state index contributed by atoms with van der Waals surface area (Å²) in [7, 11) is 3.26. The third-order valence-corrected chi connectivity index (χ3v) is 3.63. The van der Waals surface area contributed by atoms with E-state index in [2.05, 4.69) is 15.9 Å². The minimum Gasteiger partial charge on any atom is -0.496 e. The van der Waals surface area contributed by atoms with E-state index >= 15 is 0 Å². The van der Waals surface area contributed by atoms with E-state index in [1.165, 1.54) is 7.11 Å². The number of benzene rings is 1. The fourth-order valence-electron chi connectivity index (χ4n) is 1.95. The Balaban J connectivity index is 2.24. The zero-order valence-corrected chi connectivity index (χ0v) is 12.4. The Hall–Kier alpha value is -1.56. The number of likely N-dealkylation sites (N-methyl/N-ethyl adjacent to an activating group) is 1. The number of ether oxygens (including phenoxy) is 1. The van der Waals surface area contributed by atoms with Gasteiger partial charge in [-0.05, 0) is 18.2 Å². The van der Waals surface area contributed by atoms with Crippen LogP contribution in [0.5, 0.6) is 5.75 Å². The first kappa shape index (κ1) is 13.9. The molecule has 1 aromatic rings. The highest BCUT2D eigenvalue weighted by molar-refractivity contribution is 9.10. The molecule has 0 bridgehead atoms. The van der Waals surface area contributed by atoms with E-state index in [9.17, 15) is 9.59 Å². The van der Waals surface area contributed by atoms with Gasteiger partial charge in [-0.25, -0.2) is 0 Å². The number of hydrogen-bond acceptors (Lipinski definition) is 3. The molecule has 102 valence electrons. The highest BCUT2D eigenvalue weighted by atomic mass is 79.9. The fourth-order valence-corrected chi connectivity index (χ4v) is 2.31. The van der Waals surface area contributed by atoms with Crippen molar-refractivity contribution in [2.75, 3.05) is 33.8 Å². The van der Waals surface area contributed by atoms with Crippen LogP contribution < -0.4 is 4.74 Å². The molecule has 0 aromatic heterocycles. The molecule has 2 amide bonds. The standard InChI is InChI=1S/C13H15BrN2O3/c1-15-5-6-16(8-12(15)17)13(18)10-7-9(14)3-4-11(10)19-2/h3-4,7H,5-6,8H2,1-2H3. The third-order valence-electron chi connectivity index (χ3n) is 3.14. The Morgan fingerprint density at radius 1 is 1.37 bits per heavy atom. The van der Waals surface area contributed by atoms with E-state index in [1.807, 2.05) is 6.07 Å². The van der Waals surface area contributed by atoms with Crippen molar-refractivity contribution < 1.29 is 14.3 Å². The SMILES string of the molecule is COc1ccc(Br)cc1C(=O)N1CCN(C)C(=O)C1. The molecule has 1 heterocycles. The Kier molecular flexibility index (Phi) is 4.09. The second kappa shape index (κ2) is 5.61. The van der Waals surface area contributed by atoms with Crippen LogP contribution in [0.4, 0.5) is 0 Å². The van der Waals surface area contributed by atoms with Gasteiger partial charge < -0.3 is 14.5 Å². The van der Waals surface area contributed by atoms with Crippen LogP contribution in [-0.4, -0.2) is 55.4 Å². The number of halogens is 1. The van der Waals surface area contributed by atoms with Gasteiger partial charge in [0.1, 0.15) is 12.3 Å². The van der Waals surface area contributed by atoms with Gasteiger partial charge in [-0.1, -0.05) is 15.9 Å². The highest BCUT2D eigenvalue weighted by Crippen LogP contribution is 2.24. The number of piperazine rings is 1. The number of nitrogens with zero attached hydrogens (tertiary/aromatic N) is 2. The van der Waals surface area contributed by atoms with Crippen LogP contribution in [0, 0.1) is 0 Å². The van der Waals surface area contributed by atoms with E-state index < -0.39 is 0 Å². The Bertz CT molecular complexity index is 519. The molecule has 5 nitrogen and oxygen atoms in total. The van der Waals surface area contributed by atoms with E-state index in [4.69, 9.17) is 4.74 Å². The molecule has 6 heteroatoms. The summed E-state index contributed by atoms with van der Waals surface area (Å²) in [6, 6.07) is 5.25. The molecule has 0 unspecified atom stereocenters. The van der Waals surface area contributed by atoms with Crippen molar-refractivity contribution in [2.45, 2.75) is 0 Å². The molecule has 19 heavy (non-hydrogen) atoms. The van der Waals surface area contributed by atoms with Gasteiger partial charge in [0, 0.05) is 24.6 Å². The predicted octanol–water partition coefficient (Wildman–Crippen LogP) is 1.37. The molecule has 1 aliphatic rings. The second-order valence-corrected chi connectivity index (χ2v) is 5.30. The van der Waals surface area contributed by atoms with Crippen molar-refractivity contribution >= 4 is 27.7 Å². The molecule has 1 aromatic carbocycles. The summed E-state index contributed by atoms with van der Waals surface area (Å²) >= 11 is 3.34. The molecule has 0 N–H and O–H groups in total. The van der Waals surface area contributed by atoms with Crippen LogP contribution in [0.15, 0.2) is 22.7 Å². The number of rotatable bonds is 2. The van der Waals surface area contributed by atoms with Gasteiger partial charge in [0.15, 0.2) is 0 Å². The molecular formula is C13H15BrN2O3. The van der Waals surface area contributed by atoms with Crippen molar-refractivity contribution in [1.29, 1.82) is 0 Å². The van der Waals surface area contributed by atoms with Crippen molar-refractivity contribution in [3.63, 3.8) is 0 Å². The lowest BCUT2D eigenvalue weighted by Gasteiger charge is -2.32. The average Bonchev–Trinajstić information content (AvgIpc) is 2.41. The number of hydrogen-bond donors (Lipinski definition) is 0. The maximum absolute atomic E-state index is 12.4. The minimum absolute atomic E-state index is 0.0476. The van der Waals surface area contributed by atoms with Gasteiger partial charge in [0.2, 0.25) is 5.91 Å². The summed E-state index contributed by atoms with van der Waals surface area (Å²) in [4.78, 5) is 27.3. The summed E-state index contributed by atoms with van der Waals surface area (Å²) in [5.41, 5.74) is 0.467. The van der Waals surface area contributed by atoms with Crippen molar-refractivity contribution in [1.82, 2.24) is 9.80 Å². The molecular weight excluding hydrogens is 312 g/mol. The lowest BCUT2D eigenvalue weighted by molar-refractivity contribution is -0.133. The Morgan fingerprint density at radius 3 is 2.74 bits per heavy atom. The maximum Gasteiger partial charge on any atom is 0.258 e. The lowest BCUT2D eigenvalue weighted by Crippen LogP contribution is -2.50. The quantitative estimate of drug-likeness (QED) is 0.824. The van der Waals surface area contributed by atoms with Gasteiger partial charge in [0.25, 0.3) is 5.91 Å². The normalized spacial score (nSPS) is 15.6. The van der Waals surface area contributed by atoms with Crippen LogP contribution in [0.25, 0.3) is 0 Å². The van der Waals surface area contributed by atoms with Crippen LogP contribution in [0.1, 0.15) is 10.4 Å². The molecule has 1 fully saturated rings. The zero-order chi connectivity index (χ0) is 14.0. The van der Waals surface area contributed by atoms with Gasteiger partial charge >= 0.3 is 0 Å². The molecule has 1 saturated heterocycles. The molecule has 2 rings (SSSR count). The van der Waals surface area contributed by atoms with E-state index in [0.29, 0.717) is 24.4 Å². The van der Waals surface area contributed by atoms with E-state index in [0.717, 1.165) is 4.47 Å². The monoisotopic (exact) mass is 326 g/mol. The summed E-state index contributed by atoms with van der Waals surface area (Å²) < 4.78 is 6.00. The molecule has 0 radical (unpaired) electrons.